The van der Waals surface area contributed by atoms with Gasteiger partial charge in [-0.25, -0.2) is 9.97 Å². The molecule has 2 N–H and O–H groups in total. The average molecular weight is 247 g/mol. The lowest BCUT2D eigenvalue weighted by Gasteiger charge is -2.25. The van der Waals surface area contributed by atoms with Gasteiger partial charge >= 0.3 is 0 Å². The van der Waals surface area contributed by atoms with Gasteiger partial charge in [-0.15, -0.1) is 13.2 Å². The van der Waals surface area contributed by atoms with Crippen molar-refractivity contribution in [2.75, 3.05) is 11.9 Å². The summed E-state index contributed by atoms with van der Waals surface area (Å²) in [6.07, 6.45) is 4.40. The van der Waals surface area contributed by atoms with Crippen molar-refractivity contribution in [1.82, 2.24) is 9.97 Å². The molecule has 0 fully saturated rings. The summed E-state index contributed by atoms with van der Waals surface area (Å²) in [5, 5.41) is 13.4. The molecule has 0 atom stereocenters. The Bertz CT molecular complexity index is 399. The van der Waals surface area contributed by atoms with Crippen molar-refractivity contribution < 1.29 is 5.11 Å². The normalized spacial score (nSPS) is 11.1. The van der Waals surface area contributed by atoms with Crippen LogP contribution in [0.2, 0.25) is 0 Å². The second-order valence-electron chi connectivity index (χ2n) is 4.54. The number of hydrogen-bond acceptors (Lipinski definition) is 4. The highest BCUT2D eigenvalue weighted by Gasteiger charge is 2.23. The summed E-state index contributed by atoms with van der Waals surface area (Å²) in [4.78, 5) is 8.54. The molecular formula is C14H21N3O. The molecule has 1 rings (SSSR count). The molecule has 0 bridgehead atoms. The van der Waals surface area contributed by atoms with Gasteiger partial charge in [0.15, 0.2) is 0 Å². The molecule has 0 aliphatic carbocycles. The van der Waals surface area contributed by atoms with Crippen molar-refractivity contribution in [3.8, 4) is 0 Å². The molecule has 4 nitrogen and oxygen atoms in total. The maximum Gasteiger partial charge on any atom is 0.223 e. The first-order valence-electron chi connectivity index (χ1n) is 5.99. The Balaban J connectivity index is 2.71. The topological polar surface area (TPSA) is 58.0 Å². The lowest BCUT2D eigenvalue weighted by Crippen LogP contribution is -2.36. The van der Waals surface area contributed by atoms with Crippen LogP contribution in [0.25, 0.3) is 0 Å². The number of nitrogens with zero attached hydrogens (tertiary/aromatic N) is 2. The number of nitrogens with one attached hydrogen (secondary N) is 1. The molecule has 0 aliphatic heterocycles. The van der Waals surface area contributed by atoms with Crippen LogP contribution in [0.3, 0.4) is 0 Å². The van der Waals surface area contributed by atoms with Gasteiger partial charge in [0.2, 0.25) is 5.95 Å². The molecule has 0 radical (unpaired) electrons. The molecule has 18 heavy (non-hydrogen) atoms. The van der Waals surface area contributed by atoms with Gasteiger partial charge in [0.1, 0.15) is 0 Å². The summed E-state index contributed by atoms with van der Waals surface area (Å²) in [5.41, 5.74) is 0.923. The van der Waals surface area contributed by atoms with E-state index in [-0.39, 0.29) is 0 Å². The van der Waals surface area contributed by atoms with E-state index in [4.69, 9.17) is 0 Å². The third-order valence-electron chi connectivity index (χ3n) is 2.61. The first-order valence-corrected chi connectivity index (χ1v) is 5.99. The highest BCUT2D eigenvalue weighted by molar-refractivity contribution is 5.28. The van der Waals surface area contributed by atoms with Gasteiger partial charge < -0.3 is 10.4 Å². The minimum atomic E-state index is -0.884. The minimum Gasteiger partial charge on any atom is -0.387 e. The summed E-state index contributed by atoms with van der Waals surface area (Å²) in [7, 11) is 0. The Morgan fingerprint density at radius 2 is 1.72 bits per heavy atom. The number of aromatic nitrogens is 2. The van der Waals surface area contributed by atoms with Crippen LogP contribution in [0.4, 0.5) is 5.95 Å². The number of aryl methyl sites for hydroxylation is 2. The van der Waals surface area contributed by atoms with E-state index in [1.807, 2.05) is 19.9 Å². The number of rotatable bonds is 7. The van der Waals surface area contributed by atoms with Crippen LogP contribution in [-0.2, 0) is 0 Å². The van der Waals surface area contributed by atoms with Gasteiger partial charge in [0.25, 0.3) is 0 Å². The third-order valence-corrected chi connectivity index (χ3v) is 2.61. The molecule has 0 saturated carbocycles. The molecule has 4 heteroatoms. The van der Waals surface area contributed by atoms with Crippen molar-refractivity contribution in [2.45, 2.75) is 32.3 Å². The highest BCUT2D eigenvalue weighted by Crippen LogP contribution is 2.17. The predicted octanol–water partition coefficient (Wildman–Crippen LogP) is 2.39. The van der Waals surface area contributed by atoms with E-state index in [1.165, 1.54) is 0 Å². The van der Waals surface area contributed by atoms with E-state index in [1.54, 1.807) is 12.2 Å². The van der Waals surface area contributed by atoms with Crippen LogP contribution in [0.5, 0.6) is 0 Å². The summed E-state index contributed by atoms with van der Waals surface area (Å²) < 4.78 is 0. The second-order valence-corrected chi connectivity index (χ2v) is 4.54. The molecule has 98 valence electrons. The van der Waals surface area contributed by atoms with Crippen LogP contribution in [-0.4, -0.2) is 27.2 Å². The summed E-state index contributed by atoms with van der Waals surface area (Å²) in [6.45, 7) is 11.5. The monoisotopic (exact) mass is 247 g/mol. The Kier molecular flexibility index (Phi) is 5.04. The maximum absolute atomic E-state index is 10.4. The Labute approximate surface area is 108 Å². The van der Waals surface area contributed by atoms with Crippen molar-refractivity contribution in [3.05, 3.63) is 42.8 Å². The molecule has 0 unspecified atom stereocenters. The van der Waals surface area contributed by atoms with E-state index in [0.29, 0.717) is 25.3 Å². The van der Waals surface area contributed by atoms with Gasteiger partial charge in [0.05, 0.1) is 5.60 Å². The molecule has 0 saturated heterocycles. The molecule has 0 aliphatic rings. The quantitative estimate of drug-likeness (QED) is 0.726. The standard InChI is InChI=1S/C14H21N3O/c1-5-7-14(18,8-6-2)10-15-13-16-11(3)9-12(4)17-13/h5-6,9,18H,1-2,7-8,10H2,3-4H3,(H,15,16,17). The van der Waals surface area contributed by atoms with E-state index in [0.717, 1.165) is 11.4 Å². The Morgan fingerprint density at radius 3 is 2.17 bits per heavy atom. The molecule has 0 spiro atoms. The molecule has 1 aromatic heterocycles. The zero-order valence-corrected chi connectivity index (χ0v) is 11.1. The summed E-state index contributed by atoms with van der Waals surface area (Å²) in [5.74, 6) is 0.541. The van der Waals surface area contributed by atoms with E-state index in [9.17, 15) is 5.11 Å². The Morgan fingerprint density at radius 1 is 1.22 bits per heavy atom. The van der Waals surface area contributed by atoms with Crippen LogP contribution in [0.15, 0.2) is 31.4 Å². The van der Waals surface area contributed by atoms with Gasteiger partial charge in [-0.1, -0.05) is 12.2 Å². The zero-order chi connectivity index (χ0) is 13.6. The van der Waals surface area contributed by atoms with Gasteiger partial charge in [0, 0.05) is 17.9 Å². The van der Waals surface area contributed by atoms with Crippen LogP contribution < -0.4 is 5.32 Å². The van der Waals surface area contributed by atoms with Crippen molar-refractivity contribution >= 4 is 5.95 Å². The fourth-order valence-corrected chi connectivity index (χ4v) is 1.81. The van der Waals surface area contributed by atoms with Gasteiger partial charge in [-0.05, 0) is 32.8 Å². The number of hydrogen-bond donors (Lipinski definition) is 2. The summed E-state index contributed by atoms with van der Waals surface area (Å²) in [6, 6.07) is 1.91. The van der Waals surface area contributed by atoms with E-state index < -0.39 is 5.60 Å². The minimum absolute atomic E-state index is 0.369. The molecule has 0 amide bonds. The second kappa shape index (κ2) is 6.31. The first-order chi connectivity index (χ1) is 8.49. The van der Waals surface area contributed by atoms with Crippen molar-refractivity contribution in [1.29, 1.82) is 0 Å². The van der Waals surface area contributed by atoms with Crippen molar-refractivity contribution in [2.24, 2.45) is 0 Å². The predicted molar refractivity (Wildman–Crippen MR) is 74.6 cm³/mol. The van der Waals surface area contributed by atoms with Crippen LogP contribution in [0.1, 0.15) is 24.2 Å². The number of anilines is 1. The van der Waals surface area contributed by atoms with Crippen LogP contribution in [0, 0.1) is 13.8 Å². The average Bonchev–Trinajstić information content (AvgIpc) is 2.26. The van der Waals surface area contributed by atoms with E-state index >= 15 is 0 Å². The maximum atomic E-state index is 10.4. The molecule has 1 aromatic rings. The largest absolute Gasteiger partial charge is 0.387 e. The van der Waals surface area contributed by atoms with Crippen molar-refractivity contribution in [3.63, 3.8) is 0 Å². The fraction of sp³-hybridized carbons (Fsp3) is 0.429. The van der Waals surface area contributed by atoms with E-state index in [2.05, 4.69) is 28.4 Å². The molecule has 0 aromatic carbocycles. The first kappa shape index (κ1) is 14.4. The lowest BCUT2D eigenvalue weighted by molar-refractivity contribution is 0.0598. The fourth-order valence-electron chi connectivity index (χ4n) is 1.81. The Hall–Kier alpha value is -1.68. The van der Waals surface area contributed by atoms with Gasteiger partial charge in [-0.2, -0.15) is 0 Å². The smallest absolute Gasteiger partial charge is 0.223 e. The molecule has 1 heterocycles. The molecular weight excluding hydrogens is 226 g/mol. The summed E-state index contributed by atoms with van der Waals surface area (Å²) >= 11 is 0. The highest BCUT2D eigenvalue weighted by atomic mass is 16.3. The number of aliphatic hydroxyl groups is 1. The SMILES string of the molecule is C=CCC(O)(CC=C)CNc1nc(C)cc(C)n1. The van der Waals surface area contributed by atoms with Crippen LogP contribution >= 0.6 is 0 Å². The third kappa shape index (κ3) is 4.30. The zero-order valence-electron chi connectivity index (χ0n) is 11.1. The van der Waals surface area contributed by atoms with Gasteiger partial charge in [-0.3, -0.25) is 0 Å². The lowest BCUT2D eigenvalue weighted by atomic mass is 9.95.